The van der Waals surface area contributed by atoms with Crippen molar-refractivity contribution < 1.29 is 29.4 Å². The quantitative estimate of drug-likeness (QED) is 0.255. The fourth-order valence-electron chi connectivity index (χ4n) is 3.70. The third-order valence-corrected chi connectivity index (χ3v) is 5.99. The van der Waals surface area contributed by atoms with Crippen LogP contribution in [0.25, 0.3) is 0 Å². The summed E-state index contributed by atoms with van der Waals surface area (Å²) in [6, 6.07) is 2.39. The highest BCUT2D eigenvalue weighted by Crippen LogP contribution is 2.21. The van der Waals surface area contributed by atoms with Crippen molar-refractivity contribution in [2.24, 2.45) is 11.7 Å². The number of aromatic hydroxyl groups is 1. The second-order valence-electron chi connectivity index (χ2n) is 8.48. The minimum atomic E-state index is -1.15. The maximum atomic E-state index is 13.4. The van der Waals surface area contributed by atoms with Crippen LogP contribution in [0.4, 0.5) is 0 Å². The molecule has 1 aromatic rings. The number of phenols is 1. The summed E-state index contributed by atoms with van der Waals surface area (Å²) < 4.78 is 0. The van der Waals surface area contributed by atoms with Crippen LogP contribution in [-0.2, 0) is 25.6 Å². The number of benzene rings is 1. The summed E-state index contributed by atoms with van der Waals surface area (Å²) in [7, 11) is 0. The van der Waals surface area contributed by atoms with Gasteiger partial charge in [0.05, 0.1) is 6.04 Å². The molecule has 11 heteroatoms. The molecule has 0 aliphatic carbocycles. The molecule has 0 radical (unpaired) electrons. The molecule has 0 aromatic heterocycles. The number of hydrogen-bond acceptors (Lipinski definition) is 7. The Morgan fingerprint density at radius 2 is 1.82 bits per heavy atom. The van der Waals surface area contributed by atoms with E-state index in [1.807, 2.05) is 0 Å². The van der Waals surface area contributed by atoms with Crippen LogP contribution in [0, 0.1) is 5.92 Å². The van der Waals surface area contributed by atoms with E-state index in [0.29, 0.717) is 24.9 Å². The van der Waals surface area contributed by atoms with E-state index >= 15 is 0 Å². The molecule has 2 rings (SSSR count). The van der Waals surface area contributed by atoms with Gasteiger partial charge in [-0.15, -0.1) is 0 Å². The van der Waals surface area contributed by atoms with Crippen LogP contribution in [0.5, 0.6) is 5.75 Å². The summed E-state index contributed by atoms with van der Waals surface area (Å²) in [6.07, 6.45) is 1.08. The van der Waals surface area contributed by atoms with Gasteiger partial charge in [0.2, 0.25) is 17.7 Å². The molecule has 3 amide bonds. The Balaban J connectivity index is 2.23. The number of carboxylic acid groups (broad SMARTS) is 1. The molecule has 1 aliphatic rings. The van der Waals surface area contributed by atoms with Crippen LogP contribution in [0.15, 0.2) is 24.3 Å². The highest BCUT2D eigenvalue weighted by atomic mass is 32.1. The van der Waals surface area contributed by atoms with E-state index in [4.69, 9.17) is 5.73 Å². The number of nitrogens with two attached hydrogens (primary N) is 1. The largest absolute Gasteiger partial charge is 0.508 e. The summed E-state index contributed by atoms with van der Waals surface area (Å²) in [5, 5.41) is 24.1. The first-order valence-corrected chi connectivity index (χ1v) is 11.5. The Kier molecular flexibility index (Phi) is 9.54. The number of phenolic OH excluding ortho intramolecular Hbond substituents is 1. The first-order valence-electron chi connectivity index (χ1n) is 10.8. The van der Waals surface area contributed by atoms with Crippen molar-refractivity contribution in [2.75, 3.05) is 12.3 Å². The van der Waals surface area contributed by atoms with Crippen molar-refractivity contribution in [2.45, 2.75) is 57.3 Å². The van der Waals surface area contributed by atoms with Crippen molar-refractivity contribution in [3.05, 3.63) is 29.8 Å². The van der Waals surface area contributed by atoms with E-state index in [2.05, 4.69) is 23.3 Å². The number of carbonyl (C=O) groups excluding carboxylic acids is 3. The van der Waals surface area contributed by atoms with Gasteiger partial charge in [-0.25, -0.2) is 4.79 Å². The maximum Gasteiger partial charge on any atom is 0.326 e. The van der Waals surface area contributed by atoms with E-state index in [1.54, 1.807) is 26.0 Å². The Hall–Kier alpha value is -2.79. The molecule has 4 unspecified atom stereocenters. The van der Waals surface area contributed by atoms with Crippen molar-refractivity contribution in [1.82, 2.24) is 15.5 Å². The highest BCUT2D eigenvalue weighted by Gasteiger charge is 2.39. The van der Waals surface area contributed by atoms with Crippen LogP contribution < -0.4 is 16.4 Å². The molecule has 6 N–H and O–H groups in total. The Morgan fingerprint density at radius 1 is 1.18 bits per heavy atom. The molecule has 33 heavy (non-hydrogen) atoms. The normalized spacial score (nSPS) is 18.5. The SMILES string of the molecule is CC(C)C(NC(=O)C1CCCN1C(=O)C(Cc1ccc(O)cc1)NC(=O)C(N)CS)C(=O)O. The van der Waals surface area contributed by atoms with Crippen LogP contribution >= 0.6 is 12.6 Å². The van der Waals surface area contributed by atoms with Crippen LogP contribution in [0.2, 0.25) is 0 Å². The number of thiol groups is 1. The van der Waals surface area contributed by atoms with E-state index in [1.165, 1.54) is 17.0 Å². The van der Waals surface area contributed by atoms with E-state index in [-0.39, 0.29) is 23.8 Å². The number of nitrogens with zero attached hydrogens (tertiary/aromatic N) is 1. The zero-order valence-electron chi connectivity index (χ0n) is 18.7. The van der Waals surface area contributed by atoms with Crippen LogP contribution in [0.1, 0.15) is 32.3 Å². The number of carbonyl (C=O) groups is 4. The Morgan fingerprint density at radius 3 is 2.36 bits per heavy atom. The van der Waals surface area contributed by atoms with Gasteiger partial charge in [0.25, 0.3) is 0 Å². The molecule has 1 aliphatic heterocycles. The van der Waals surface area contributed by atoms with Gasteiger partial charge in [-0.1, -0.05) is 26.0 Å². The zero-order valence-corrected chi connectivity index (χ0v) is 19.6. The average molecular weight is 481 g/mol. The van der Waals surface area contributed by atoms with Gasteiger partial charge in [-0.05, 0) is 36.5 Å². The summed E-state index contributed by atoms with van der Waals surface area (Å²) in [5.41, 5.74) is 6.44. The number of likely N-dealkylation sites (tertiary alicyclic amines) is 1. The van der Waals surface area contributed by atoms with Crippen molar-refractivity contribution in [3.8, 4) is 5.75 Å². The summed E-state index contributed by atoms with van der Waals surface area (Å²) in [6.45, 7) is 3.67. The molecule has 0 saturated carbocycles. The molecular formula is C22H32N4O6S. The van der Waals surface area contributed by atoms with Crippen molar-refractivity contribution in [1.29, 1.82) is 0 Å². The second kappa shape index (κ2) is 11.9. The van der Waals surface area contributed by atoms with E-state index in [9.17, 15) is 29.4 Å². The first kappa shape index (κ1) is 26.5. The predicted octanol–water partition coefficient (Wildman–Crippen LogP) is -0.107. The van der Waals surface area contributed by atoms with Gasteiger partial charge in [-0.2, -0.15) is 12.6 Å². The third kappa shape index (κ3) is 7.10. The van der Waals surface area contributed by atoms with Crippen molar-refractivity contribution in [3.63, 3.8) is 0 Å². The molecule has 1 heterocycles. The molecule has 0 bridgehead atoms. The summed E-state index contributed by atoms with van der Waals surface area (Å²) in [5.74, 6) is -2.87. The topological polar surface area (TPSA) is 162 Å². The van der Waals surface area contributed by atoms with Gasteiger partial charge in [-0.3, -0.25) is 14.4 Å². The first-order chi connectivity index (χ1) is 15.5. The van der Waals surface area contributed by atoms with Crippen LogP contribution in [-0.4, -0.2) is 75.3 Å². The van der Waals surface area contributed by atoms with E-state index in [0.717, 1.165) is 0 Å². The highest BCUT2D eigenvalue weighted by molar-refractivity contribution is 7.80. The van der Waals surface area contributed by atoms with Gasteiger partial charge in [0.15, 0.2) is 0 Å². The Labute approximate surface area is 198 Å². The fourth-order valence-corrected chi connectivity index (χ4v) is 3.86. The monoisotopic (exact) mass is 480 g/mol. The average Bonchev–Trinajstić information content (AvgIpc) is 3.26. The number of hydrogen-bond donors (Lipinski definition) is 6. The van der Waals surface area contributed by atoms with Gasteiger partial charge in [0.1, 0.15) is 23.9 Å². The minimum absolute atomic E-state index is 0.0668. The third-order valence-electron chi connectivity index (χ3n) is 5.59. The molecule has 0 spiro atoms. The lowest BCUT2D eigenvalue weighted by atomic mass is 10.0. The predicted molar refractivity (Wildman–Crippen MR) is 125 cm³/mol. The fraction of sp³-hybridized carbons (Fsp3) is 0.545. The minimum Gasteiger partial charge on any atom is -0.508 e. The lowest BCUT2D eigenvalue weighted by molar-refractivity contribution is -0.145. The number of carboxylic acids is 1. The standard InChI is InChI=1S/C22H32N4O6S/c1-12(2)18(22(31)32)25-20(29)17-4-3-9-26(17)21(30)16(24-19(28)15(23)11-33)10-13-5-7-14(27)8-6-13/h5-8,12,15-18,27,33H,3-4,9-11,23H2,1-2H3,(H,24,28)(H,25,29)(H,31,32). The number of nitrogens with one attached hydrogen (secondary N) is 2. The number of amides is 3. The second-order valence-corrected chi connectivity index (χ2v) is 8.84. The lowest BCUT2D eigenvalue weighted by Crippen LogP contribution is -2.58. The molecule has 1 saturated heterocycles. The molecule has 1 fully saturated rings. The maximum absolute atomic E-state index is 13.4. The Bertz CT molecular complexity index is 863. The van der Waals surface area contributed by atoms with Crippen LogP contribution in [0.3, 0.4) is 0 Å². The number of aliphatic carboxylic acids is 1. The van der Waals surface area contributed by atoms with Gasteiger partial charge < -0.3 is 31.5 Å². The molecule has 1 aromatic carbocycles. The molecule has 10 nitrogen and oxygen atoms in total. The smallest absolute Gasteiger partial charge is 0.326 e. The van der Waals surface area contributed by atoms with E-state index < -0.39 is 47.9 Å². The van der Waals surface area contributed by atoms with Gasteiger partial charge >= 0.3 is 5.97 Å². The van der Waals surface area contributed by atoms with Gasteiger partial charge in [0, 0.05) is 18.7 Å². The van der Waals surface area contributed by atoms with Crippen molar-refractivity contribution >= 4 is 36.3 Å². The molecule has 4 atom stereocenters. The molecule has 182 valence electrons. The summed E-state index contributed by atoms with van der Waals surface area (Å²) in [4.78, 5) is 51.6. The zero-order chi connectivity index (χ0) is 24.7. The number of rotatable bonds is 10. The molecular weight excluding hydrogens is 448 g/mol. The lowest BCUT2D eigenvalue weighted by Gasteiger charge is -2.30. The summed E-state index contributed by atoms with van der Waals surface area (Å²) >= 11 is 4.02.